The summed E-state index contributed by atoms with van der Waals surface area (Å²) in [4.78, 5) is 16.4. The van der Waals surface area contributed by atoms with E-state index in [1.807, 2.05) is 51.4 Å². The molecule has 112 valence electrons. The number of hydrogen-bond acceptors (Lipinski definition) is 4. The predicted octanol–water partition coefficient (Wildman–Crippen LogP) is 3.40. The Kier molecular flexibility index (Phi) is 6.76. The Balaban J connectivity index is 3.04. The molecule has 1 rings (SSSR count). The van der Waals surface area contributed by atoms with Gasteiger partial charge in [-0.15, -0.1) is 0 Å². The van der Waals surface area contributed by atoms with E-state index in [0.29, 0.717) is 5.17 Å². The fourth-order valence-electron chi connectivity index (χ4n) is 1.60. The maximum absolute atomic E-state index is 12.0. The fraction of sp³-hybridized carbons (Fsp3) is 0.400. The minimum atomic E-state index is -0.0291. The number of carbonyl (C=O) groups is 1. The number of aliphatic imine (C=N–C) groups is 1. The monoisotopic (exact) mass is 304 g/mol. The van der Waals surface area contributed by atoms with Gasteiger partial charge in [0.05, 0.1) is 5.69 Å². The molecule has 0 saturated heterocycles. The van der Waals surface area contributed by atoms with Gasteiger partial charge in [-0.3, -0.25) is 10.1 Å². The van der Waals surface area contributed by atoms with Crippen LogP contribution in [0.4, 0.5) is 11.4 Å². The minimum Gasteiger partial charge on any atom is -0.326 e. The average molecular weight is 304 g/mol. The number of rotatable bonds is 4. The van der Waals surface area contributed by atoms with Gasteiger partial charge in [0.2, 0.25) is 5.91 Å². The number of thioether (sulfide) groups is 1. The zero-order valence-corrected chi connectivity index (χ0v) is 13.5. The van der Waals surface area contributed by atoms with Crippen molar-refractivity contribution >= 4 is 34.2 Å². The summed E-state index contributed by atoms with van der Waals surface area (Å²) < 4.78 is 0. The molecule has 0 aliphatic carbocycles. The molecule has 0 bridgehead atoms. The molecule has 1 unspecified atom stereocenters. The fourth-order valence-corrected chi connectivity index (χ4v) is 1.94. The van der Waals surface area contributed by atoms with Gasteiger partial charge in [0.25, 0.3) is 0 Å². The summed E-state index contributed by atoms with van der Waals surface area (Å²) in [7, 11) is 0. The van der Waals surface area contributed by atoms with Crippen molar-refractivity contribution in [1.82, 2.24) is 5.32 Å². The van der Waals surface area contributed by atoms with Crippen molar-refractivity contribution in [3.63, 3.8) is 0 Å². The van der Waals surface area contributed by atoms with E-state index in [9.17, 15) is 4.79 Å². The molecule has 0 saturated carbocycles. The predicted molar refractivity (Wildman–Crippen MR) is 88.6 cm³/mol. The standard InChI is InChI=1S/C15H20N4OS/c1-5-10(2)14(20)18-12-7-6-8-13(11(12)3)19-15(21-4)17-9-16/h6-8,10H,5H2,1-4H3,(H,17,19)(H,18,20). The van der Waals surface area contributed by atoms with Gasteiger partial charge in [0.1, 0.15) is 0 Å². The van der Waals surface area contributed by atoms with E-state index in [1.165, 1.54) is 11.8 Å². The first-order valence-electron chi connectivity index (χ1n) is 6.71. The normalized spacial score (nSPS) is 12.4. The Labute approximate surface area is 129 Å². The first-order chi connectivity index (χ1) is 10.0. The highest BCUT2D eigenvalue weighted by Gasteiger charge is 2.13. The molecular weight excluding hydrogens is 284 g/mol. The van der Waals surface area contributed by atoms with Crippen LogP contribution >= 0.6 is 11.8 Å². The van der Waals surface area contributed by atoms with Crippen molar-refractivity contribution in [2.75, 3.05) is 11.6 Å². The lowest BCUT2D eigenvalue weighted by molar-refractivity contribution is -0.119. The topological polar surface area (TPSA) is 77.3 Å². The Morgan fingerprint density at radius 2 is 2.24 bits per heavy atom. The second-order valence-corrected chi connectivity index (χ2v) is 5.40. The number of amides is 1. The summed E-state index contributed by atoms with van der Waals surface area (Å²) in [6.45, 7) is 5.78. The van der Waals surface area contributed by atoms with Crippen molar-refractivity contribution in [1.29, 1.82) is 5.26 Å². The second-order valence-electron chi connectivity index (χ2n) is 4.61. The van der Waals surface area contributed by atoms with Gasteiger partial charge in [0.15, 0.2) is 11.4 Å². The number of nitrogens with zero attached hydrogens (tertiary/aromatic N) is 2. The van der Waals surface area contributed by atoms with Gasteiger partial charge in [-0.1, -0.05) is 31.7 Å². The molecule has 1 atom stereocenters. The lowest BCUT2D eigenvalue weighted by Gasteiger charge is -2.13. The molecule has 1 aromatic rings. The highest BCUT2D eigenvalue weighted by Crippen LogP contribution is 2.27. The van der Waals surface area contributed by atoms with Gasteiger partial charge in [0, 0.05) is 11.6 Å². The quantitative estimate of drug-likeness (QED) is 0.387. The van der Waals surface area contributed by atoms with Gasteiger partial charge >= 0.3 is 0 Å². The number of benzene rings is 1. The van der Waals surface area contributed by atoms with E-state index in [1.54, 1.807) is 0 Å². The van der Waals surface area contributed by atoms with E-state index in [4.69, 9.17) is 5.26 Å². The molecule has 21 heavy (non-hydrogen) atoms. The number of carbonyl (C=O) groups excluding carboxylic acids is 1. The molecule has 0 aliphatic rings. The van der Waals surface area contributed by atoms with E-state index in [2.05, 4.69) is 15.6 Å². The first-order valence-corrected chi connectivity index (χ1v) is 7.94. The SMILES string of the molecule is CCC(C)C(=O)Nc1cccc(N=C(NC#N)SC)c1C. The zero-order valence-electron chi connectivity index (χ0n) is 12.7. The first kappa shape index (κ1) is 17.1. The Morgan fingerprint density at radius 3 is 2.81 bits per heavy atom. The van der Waals surface area contributed by atoms with Crippen LogP contribution < -0.4 is 10.6 Å². The molecule has 0 spiro atoms. The van der Waals surface area contributed by atoms with Crippen molar-refractivity contribution in [3.8, 4) is 6.19 Å². The lowest BCUT2D eigenvalue weighted by Crippen LogP contribution is -2.20. The summed E-state index contributed by atoms with van der Waals surface area (Å²) in [6, 6.07) is 5.54. The Morgan fingerprint density at radius 1 is 1.52 bits per heavy atom. The zero-order chi connectivity index (χ0) is 15.8. The molecule has 0 aromatic heterocycles. The summed E-state index contributed by atoms with van der Waals surface area (Å²) in [5.74, 6) is -0.0273. The van der Waals surface area contributed by atoms with Gasteiger partial charge in [-0.05, 0) is 37.3 Å². The number of nitriles is 1. The van der Waals surface area contributed by atoms with Crippen LogP contribution in [0.3, 0.4) is 0 Å². The Hall–Kier alpha value is -2.00. The smallest absolute Gasteiger partial charge is 0.227 e. The van der Waals surface area contributed by atoms with Gasteiger partial charge in [-0.25, -0.2) is 4.99 Å². The molecule has 2 N–H and O–H groups in total. The van der Waals surface area contributed by atoms with Crippen LogP contribution in [0.2, 0.25) is 0 Å². The number of anilines is 1. The van der Waals surface area contributed by atoms with E-state index in [0.717, 1.165) is 23.4 Å². The van der Waals surface area contributed by atoms with Gasteiger partial charge in [-0.2, -0.15) is 5.26 Å². The third-order valence-corrected chi connectivity index (χ3v) is 3.78. The average Bonchev–Trinajstić information content (AvgIpc) is 2.49. The second kappa shape index (κ2) is 8.32. The van der Waals surface area contributed by atoms with Crippen molar-refractivity contribution in [3.05, 3.63) is 23.8 Å². The molecule has 1 amide bonds. The summed E-state index contributed by atoms with van der Waals surface area (Å²) in [5.41, 5.74) is 2.35. The summed E-state index contributed by atoms with van der Waals surface area (Å²) in [6.07, 6.45) is 4.49. The largest absolute Gasteiger partial charge is 0.326 e. The molecule has 0 heterocycles. The number of nitrogens with one attached hydrogen (secondary N) is 2. The lowest BCUT2D eigenvalue weighted by atomic mass is 10.1. The van der Waals surface area contributed by atoms with Crippen LogP contribution in [0.15, 0.2) is 23.2 Å². The molecular formula is C15H20N4OS. The molecule has 1 aromatic carbocycles. The van der Waals surface area contributed by atoms with Crippen LogP contribution in [-0.2, 0) is 4.79 Å². The molecule has 0 fully saturated rings. The van der Waals surface area contributed by atoms with Crippen LogP contribution in [0.25, 0.3) is 0 Å². The van der Waals surface area contributed by atoms with E-state index >= 15 is 0 Å². The van der Waals surface area contributed by atoms with Crippen LogP contribution in [0.5, 0.6) is 0 Å². The summed E-state index contributed by atoms with van der Waals surface area (Å²) in [5, 5.41) is 14.6. The molecule has 5 nitrogen and oxygen atoms in total. The molecule has 0 radical (unpaired) electrons. The molecule has 6 heteroatoms. The van der Waals surface area contributed by atoms with Crippen LogP contribution in [0.1, 0.15) is 25.8 Å². The van der Waals surface area contributed by atoms with E-state index in [-0.39, 0.29) is 11.8 Å². The summed E-state index contributed by atoms with van der Waals surface area (Å²) >= 11 is 1.36. The van der Waals surface area contributed by atoms with Crippen LogP contribution in [-0.4, -0.2) is 17.3 Å². The molecule has 0 aliphatic heterocycles. The van der Waals surface area contributed by atoms with Gasteiger partial charge < -0.3 is 5.32 Å². The van der Waals surface area contributed by atoms with Crippen molar-refractivity contribution < 1.29 is 4.79 Å². The van der Waals surface area contributed by atoms with Crippen molar-refractivity contribution in [2.24, 2.45) is 10.9 Å². The van der Waals surface area contributed by atoms with Crippen LogP contribution in [0, 0.1) is 24.3 Å². The van der Waals surface area contributed by atoms with E-state index < -0.39 is 0 Å². The highest BCUT2D eigenvalue weighted by molar-refractivity contribution is 8.13. The van der Waals surface area contributed by atoms with Crippen molar-refractivity contribution in [2.45, 2.75) is 27.2 Å². The third kappa shape index (κ3) is 4.80. The maximum Gasteiger partial charge on any atom is 0.227 e. The number of hydrogen-bond donors (Lipinski definition) is 2. The highest BCUT2D eigenvalue weighted by atomic mass is 32.2. The minimum absolute atomic E-state index is 0.00182. The maximum atomic E-state index is 12.0. The number of amidine groups is 1. The third-order valence-electron chi connectivity index (χ3n) is 3.20. The Bertz CT molecular complexity index is 578.